The third-order valence-corrected chi connectivity index (χ3v) is 7.95. The number of nitrogens with zero attached hydrogens (tertiary/aromatic N) is 2. The molecule has 5 rings (SSSR count). The van der Waals surface area contributed by atoms with E-state index in [0.717, 1.165) is 35.2 Å². The number of hydrogen-bond donors (Lipinski definition) is 1. The Morgan fingerprint density at radius 3 is 2.45 bits per heavy atom. The topological polar surface area (TPSA) is 88.5 Å². The molecule has 2 aliphatic heterocycles. The molecule has 1 amide bonds. The molecule has 2 aliphatic rings. The lowest BCUT2D eigenvalue weighted by atomic mass is 9.82. The van der Waals surface area contributed by atoms with Crippen LogP contribution >= 0.6 is 0 Å². The molecule has 1 N–H and O–H groups in total. The average Bonchev–Trinajstić information content (AvgIpc) is 3.58. The standard InChI is InChI=1S/C32H36N2O6/c1-4-5-16-34(26-9-7-6-8-21(26)2)29(35)19-33-18-25(23-12-15-27-28(17-23)40-20-39-27)30(32(36)37)31(33)22-10-13-24(38-3)14-11-22/h6-15,17,25,30-31H,4-5,16,18-20H2,1-3H3,(H,36,37). The number of methoxy groups -OCH3 is 1. The van der Waals surface area contributed by atoms with Gasteiger partial charge in [0.25, 0.3) is 0 Å². The molecule has 3 aromatic carbocycles. The van der Waals surface area contributed by atoms with Gasteiger partial charge in [-0.3, -0.25) is 14.5 Å². The fourth-order valence-electron chi connectivity index (χ4n) is 5.89. The summed E-state index contributed by atoms with van der Waals surface area (Å²) in [5.41, 5.74) is 3.61. The molecule has 0 bridgehead atoms. The van der Waals surface area contributed by atoms with E-state index in [2.05, 4.69) is 6.92 Å². The maximum absolute atomic E-state index is 14.0. The first kappa shape index (κ1) is 27.5. The number of anilines is 1. The van der Waals surface area contributed by atoms with Gasteiger partial charge in [0.2, 0.25) is 12.7 Å². The zero-order chi connectivity index (χ0) is 28.2. The van der Waals surface area contributed by atoms with Gasteiger partial charge in [-0.25, -0.2) is 0 Å². The van der Waals surface area contributed by atoms with Crippen molar-refractivity contribution in [3.05, 3.63) is 83.4 Å². The highest BCUT2D eigenvalue weighted by Crippen LogP contribution is 2.48. The summed E-state index contributed by atoms with van der Waals surface area (Å²) in [4.78, 5) is 30.8. The van der Waals surface area contributed by atoms with E-state index in [-0.39, 0.29) is 25.2 Å². The van der Waals surface area contributed by atoms with Gasteiger partial charge in [-0.2, -0.15) is 0 Å². The highest BCUT2D eigenvalue weighted by molar-refractivity contribution is 5.95. The first-order valence-corrected chi connectivity index (χ1v) is 13.8. The fourth-order valence-corrected chi connectivity index (χ4v) is 5.89. The second-order valence-corrected chi connectivity index (χ2v) is 10.4. The van der Waals surface area contributed by atoms with Crippen molar-refractivity contribution in [2.24, 2.45) is 5.92 Å². The number of para-hydroxylation sites is 1. The first-order chi connectivity index (χ1) is 19.4. The van der Waals surface area contributed by atoms with Crippen LogP contribution in [0, 0.1) is 12.8 Å². The summed E-state index contributed by atoms with van der Waals surface area (Å²) in [7, 11) is 1.60. The number of benzene rings is 3. The number of carboxylic acid groups (broad SMARTS) is 1. The van der Waals surface area contributed by atoms with Gasteiger partial charge in [0.1, 0.15) is 5.75 Å². The number of aliphatic carboxylic acids is 1. The van der Waals surface area contributed by atoms with Gasteiger partial charge in [-0.05, 0) is 60.4 Å². The van der Waals surface area contributed by atoms with Gasteiger partial charge in [-0.15, -0.1) is 0 Å². The molecule has 210 valence electrons. The van der Waals surface area contributed by atoms with E-state index in [1.54, 1.807) is 7.11 Å². The quantitative estimate of drug-likeness (QED) is 0.365. The fraction of sp³-hybridized carbons (Fsp3) is 0.375. The Kier molecular flexibility index (Phi) is 8.26. The molecule has 1 saturated heterocycles. The number of rotatable bonds is 10. The minimum Gasteiger partial charge on any atom is -0.497 e. The van der Waals surface area contributed by atoms with E-state index in [1.807, 2.05) is 83.5 Å². The predicted molar refractivity (Wildman–Crippen MR) is 152 cm³/mol. The number of likely N-dealkylation sites (tertiary alicyclic amines) is 1. The first-order valence-electron chi connectivity index (χ1n) is 13.8. The van der Waals surface area contributed by atoms with Crippen LogP contribution in [0.15, 0.2) is 66.7 Å². The van der Waals surface area contributed by atoms with Crippen molar-refractivity contribution in [1.82, 2.24) is 4.90 Å². The van der Waals surface area contributed by atoms with Gasteiger partial charge in [0, 0.05) is 30.7 Å². The Morgan fingerprint density at radius 2 is 1.75 bits per heavy atom. The zero-order valence-electron chi connectivity index (χ0n) is 23.2. The van der Waals surface area contributed by atoms with Crippen LogP contribution in [0.1, 0.15) is 48.4 Å². The molecule has 8 heteroatoms. The summed E-state index contributed by atoms with van der Waals surface area (Å²) in [6.07, 6.45) is 1.83. The number of carboxylic acids is 1. The average molecular weight is 545 g/mol. The monoisotopic (exact) mass is 544 g/mol. The van der Waals surface area contributed by atoms with Crippen LogP contribution in [0.2, 0.25) is 0 Å². The van der Waals surface area contributed by atoms with Crippen LogP contribution in [0.4, 0.5) is 5.69 Å². The van der Waals surface area contributed by atoms with Crippen LogP contribution in [0.3, 0.4) is 0 Å². The molecule has 0 radical (unpaired) electrons. The van der Waals surface area contributed by atoms with Gasteiger partial charge >= 0.3 is 5.97 Å². The number of hydrogen-bond acceptors (Lipinski definition) is 6. The van der Waals surface area contributed by atoms with Crippen molar-refractivity contribution in [2.45, 2.75) is 38.6 Å². The molecular weight excluding hydrogens is 508 g/mol. The molecule has 3 atom stereocenters. The normalized spacial score (nSPS) is 19.9. The van der Waals surface area contributed by atoms with Crippen molar-refractivity contribution in [3.63, 3.8) is 0 Å². The SMILES string of the molecule is CCCCN(C(=O)CN1CC(c2ccc3c(c2)OCO3)C(C(=O)O)C1c1ccc(OC)cc1)c1ccccc1C. The summed E-state index contributed by atoms with van der Waals surface area (Å²) in [6, 6.07) is 20.5. The number of ether oxygens (including phenoxy) is 3. The number of aryl methyl sites for hydroxylation is 1. The predicted octanol–water partition coefficient (Wildman–Crippen LogP) is 5.41. The van der Waals surface area contributed by atoms with Crippen molar-refractivity contribution in [3.8, 4) is 17.2 Å². The van der Waals surface area contributed by atoms with Crippen LogP contribution in [-0.4, -0.2) is 55.4 Å². The summed E-state index contributed by atoms with van der Waals surface area (Å²) in [5.74, 6) is -0.121. The van der Waals surface area contributed by atoms with Crippen molar-refractivity contribution in [1.29, 1.82) is 0 Å². The second-order valence-electron chi connectivity index (χ2n) is 10.4. The number of unbranched alkanes of at least 4 members (excludes halogenated alkanes) is 1. The van der Waals surface area contributed by atoms with E-state index in [1.165, 1.54) is 0 Å². The Balaban J connectivity index is 1.51. The van der Waals surface area contributed by atoms with E-state index in [0.29, 0.717) is 30.3 Å². The molecule has 3 unspecified atom stereocenters. The third-order valence-electron chi connectivity index (χ3n) is 7.95. The van der Waals surface area contributed by atoms with Gasteiger partial charge in [0.15, 0.2) is 11.5 Å². The molecule has 8 nitrogen and oxygen atoms in total. The molecule has 0 aliphatic carbocycles. The Hall–Kier alpha value is -4.04. The minimum absolute atomic E-state index is 0.0447. The van der Waals surface area contributed by atoms with E-state index < -0.39 is 17.9 Å². The van der Waals surface area contributed by atoms with E-state index in [9.17, 15) is 14.7 Å². The summed E-state index contributed by atoms with van der Waals surface area (Å²) in [5, 5.41) is 10.6. The Labute approximate surface area is 235 Å². The Morgan fingerprint density at radius 1 is 1.02 bits per heavy atom. The number of carbonyl (C=O) groups is 2. The third kappa shape index (κ3) is 5.49. The molecule has 3 aromatic rings. The molecule has 0 aromatic heterocycles. The van der Waals surface area contributed by atoms with Gasteiger partial charge in [0.05, 0.1) is 19.6 Å². The van der Waals surface area contributed by atoms with Gasteiger partial charge < -0.3 is 24.2 Å². The van der Waals surface area contributed by atoms with E-state index >= 15 is 0 Å². The molecule has 40 heavy (non-hydrogen) atoms. The maximum atomic E-state index is 14.0. The zero-order valence-corrected chi connectivity index (χ0v) is 23.2. The maximum Gasteiger partial charge on any atom is 0.309 e. The van der Waals surface area contributed by atoms with Gasteiger partial charge in [-0.1, -0.05) is 49.7 Å². The lowest BCUT2D eigenvalue weighted by Gasteiger charge is -2.30. The van der Waals surface area contributed by atoms with Crippen LogP contribution in [0.25, 0.3) is 0 Å². The number of amides is 1. The largest absolute Gasteiger partial charge is 0.497 e. The number of carbonyl (C=O) groups excluding carboxylic acids is 1. The molecular formula is C32H36N2O6. The summed E-state index contributed by atoms with van der Waals surface area (Å²) < 4.78 is 16.4. The highest BCUT2D eigenvalue weighted by atomic mass is 16.7. The number of fused-ring (bicyclic) bond motifs is 1. The second kappa shape index (κ2) is 12.0. The molecule has 0 spiro atoms. The molecule has 0 saturated carbocycles. The van der Waals surface area contributed by atoms with Crippen molar-refractivity contribution < 1.29 is 28.9 Å². The van der Waals surface area contributed by atoms with Crippen molar-refractivity contribution in [2.75, 3.05) is 38.4 Å². The lowest BCUT2D eigenvalue weighted by molar-refractivity contribution is -0.143. The summed E-state index contributed by atoms with van der Waals surface area (Å²) >= 11 is 0. The van der Waals surface area contributed by atoms with Crippen LogP contribution in [-0.2, 0) is 9.59 Å². The molecule has 1 fully saturated rings. The highest BCUT2D eigenvalue weighted by Gasteiger charge is 2.48. The minimum atomic E-state index is -0.903. The van der Waals surface area contributed by atoms with E-state index in [4.69, 9.17) is 14.2 Å². The smallest absolute Gasteiger partial charge is 0.309 e. The van der Waals surface area contributed by atoms with Crippen molar-refractivity contribution >= 4 is 17.6 Å². The Bertz CT molecular complexity index is 1360. The van der Waals surface area contributed by atoms with Crippen LogP contribution < -0.4 is 19.1 Å². The summed E-state index contributed by atoms with van der Waals surface area (Å²) in [6.45, 7) is 5.37. The molecule has 2 heterocycles. The lowest BCUT2D eigenvalue weighted by Crippen LogP contribution is -2.42. The van der Waals surface area contributed by atoms with Crippen LogP contribution in [0.5, 0.6) is 17.2 Å².